The maximum Gasteiger partial charge on any atom is 0.407 e. The van der Waals surface area contributed by atoms with Gasteiger partial charge in [0.15, 0.2) is 0 Å². The average Bonchev–Trinajstić information content (AvgIpc) is 2.97. The van der Waals surface area contributed by atoms with Crippen LogP contribution in [0.2, 0.25) is 0 Å². The Hall–Kier alpha value is -2.62. The molecule has 0 saturated heterocycles. The van der Waals surface area contributed by atoms with E-state index in [0.29, 0.717) is 13.1 Å². The number of nitrogens with one attached hydrogen (secondary N) is 1. The van der Waals surface area contributed by atoms with Crippen molar-refractivity contribution in [2.75, 3.05) is 6.54 Å². The third kappa shape index (κ3) is 4.31. The molecule has 0 fully saturated rings. The fraction of sp³-hybridized carbons (Fsp3) is 0.364. The topological polar surface area (TPSA) is 50.7 Å². The minimum absolute atomic E-state index is 0.00678. The van der Waals surface area contributed by atoms with Gasteiger partial charge in [0, 0.05) is 18.0 Å². The van der Waals surface area contributed by atoms with Crippen LogP contribution in [-0.4, -0.2) is 24.0 Å². The van der Waals surface area contributed by atoms with Gasteiger partial charge >= 0.3 is 6.09 Å². The number of amides is 1. The highest BCUT2D eigenvalue weighted by atomic mass is 16.6. The standard InChI is InChI=1S/C22H26N2O2/c1-15-10-11-18-17(12-15)13-23-20(18)19(16-8-6-5-7-9-16)14-24-21(25)26-22(2,3)4/h5-12,19H,13-14H2,1-4H3,(H,24,25). The van der Waals surface area contributed by atoms with Crippen molar-refractivity contribution in [1.82, 2.24) is 5.32 Å². The van der Waals surface area contributed by atoms with Crippen LogP contribution in [0.4, 0.5) is 4.79 Å². The van der Waals surface area contributed by atoms with Gasteiger partial charge in [-0.05, 0) is 38.8 Å². The second-order valence-electron chi connectivity index (χ2n) is 7.71. The third-order valence-corrected chi connectivity index (χ3v) is 4.34. The first-order valence-electron chi connectivity index (χ1n) is 8.99. The summed E-state index contributed by atoms with van der Waals surface area (Å²) in [5.41, 5.74) is 5.32. The smallest absolute Gasteiger partial charge is 0.407 e. The van der Waals surface area contributed by atoms with Crippen molar-refractivity contribution in [1.29, 1.82) is 0 Å². The molecule has 4 heteroatoms. The molecule has 136 valence electrons. The summed E-state index contributed by atoms with van der Waals surface area (Å²) in [4.78, 5) is 16.9. The van der Waals surface area contributed by atoms with Crippen LogP contribution >= 0.6 is 0 Å². The molecule has 1 unspecified atom stereocenters. The molecule has 0 spiro atoms. The summed E-state index contributed by atoms with van der Waals surface area (Å²) in [6.45, 7) is 8.83. The SMILES string of the molecule is Cc1ccc2c(c1)CN=C2C(CNC(=O)OC(C)(C)C)c1ccccc1. The van der Waals surface area contributed by atoms with Gasteiger partial charge in [-0.1, -0.05) is 54.1 Å². The first-order valence-corrected chi connectivity index (χ1v) is 8.99. The molecule has 3 rings (SSSR count). The Morgan fingerprint density at radius 3 is 2.62 bits per heavy atom. The van der Waals surface area contributed by atoms with Crippen LogP contribution in [0.15, 0.2) is 53.5 Å². The zero-order chi connectivity index (χ0) is 18.7. The molecular formula is C22H26N2O2. The number of hydrogen-bond acceptors (Lipinski definition) is 3. The van der Waals surface area contributed by atoms with E-state index in [1.807, 2.05) is 39.0 Å². The van der Waals surface area contributed by atoms with E-state index in [1.54, 1.807) is 0 Å². The summed E-state index contributed by atoms with van der Waals surface area (Å²) in [6.07, 6.45) is -0.402. The van der Waals surface area contributed by atoms with Crippen molar-refractivity contribution in [3.8, 4) is 0 Å². The molecule has 0 aromatic heterocycles. The number of carbonyl (C=O) groups excluding carboxylic acids is 1. The number of aliphatic imine (C=N–C) groups is 1. The lowest BCUT2D eigenvalue weighted by Crippen LogP contribution is -2.36. The van der Waals surface area contributed by atoms with Crippen molar-refractivity contribution in [3.63, 3.8) is 0 Å². The minimum Gasteiger partial charge on any atom is -0.444 e. The lowest BCUT2D eigenvalue weighted by Gasteiger charge is -2.23. The number of benzene rings is 2. The van der Waals surface area contributed by atoms with Gasteiger partial charge in [0.25, 0.3) is 0 Å². The molecule has 4 nitrogen and oxygen atoms in total. The molecule has 1 atom stereocenters. The number of aryl methyl sites for hydroxylation is 1. The summed E-state index contributed by atoms with van der Waals surface area (Å²) in [7, 11) is 0. The molecule has 1 aliphatic rings. The predicted octanol–water partition coefficient (Wildman–Crippen LogP) is 4.61. The summed E-state index contributed by atoms with van der Waals surface area (Å²) in [5.74, 6) is -0.00678. The molecule has 1 amide bonds. The van der Waals surface area contributed by atoms with E-state index in [9.17, 15) is 4.79 Å². The number of alkyl carbamates (subject to hydrolysis) is 1. The molecule has 1 N–H and O–H groups in total. The van der Waals surface area contributed by atoms with Gasteiger partial charge < -0.3 is 10.1 Å². The number of ether oxygens (including phenoxy) is 1. The number of hydrogen-bond donors (Lipinski definition) is 1. The van der Waals surface area contributed by atoms with Gasteiger partial charge in [0.1, 0.15) is 5.60 Å². The van der Waals surface area contributed by atoms with E-state index in [0.717, 1.165) is 11.3 Å². The minimum atomic E-state index is -0.513. The maximum absolute atomic E-state index is 12.1. The van der Waals surface area contributed by atoms with E-state index in [2.05, 4.69) is 42.6 Å². The largest absolute Gasteiger partial charge is 0.444 e. The van der Waals surface area contributed by atoms with Gasteiger partial charge in [0.05, 0.1) is 12.3 Å². The van der Waals surface area contributed by atoms with E-state index < -0.39 is 11.7 Å². The molecule has 2 aromatic carbocycles. The molecule has 2 aromatic rings. The molecule has 26 heavy (non-hydrogen) atoms. The van der Waals surface area contributed by atoms with Gasteiger partial charge in [-0.15, -0.1) is 0 Å². The van der Waals surface area contributed by atoms with Crippen molar-refractivity contribution >= 4 is 11.8 Å². The molecule has 0 saturated carbocycles. The van der Waals surface area contributed by atoms with Crippen LogP contribution in [-0.2, 0) is 11.3 Å². The fourth-order valence-corrected chi connectivity index (χ4v) is 3.21. The Labute approximate surface area is 155 Å². The monoisotopic (exact) mass is 350 g/mol. The summed E-state index contributed by atoms with van der Waals surface area (Å²) >= 11 is 0. The Morgan fingerprint density at radius 1 is 1.19 bits per heavy atom. The lowest BCUT2D eigenvalue weighted by atomic mass is 9.89. The van der Waals surface area contributed by atoms with Crippen LogP contribution in [0.5, 0.6) is 0 Å². The van der Waals surface area contributed by atoms with Crippen molar-refractivity contribution in [3.05, 3.63) is 70.8 Å². The molecule has 1 heterocycles. The fourth-order valence-electron chi connectivity index (χ4n) is 3.21. The summed E-state index contributed by atoms with van der Waals surface area (Å²) < 4.78 is 5.38. The van der Waals surface area contributed by atoms with Gasteiger partial charge in [-0.25, -0.2) is 4.79 Å². The van der Waals surface area contributed by atoms with Gasteiger partial charge in [0.2, 0.25) is 0 Å². The Bertz CT molecular complexity index is 820. The highest BCUT2D eigenvalue weighted by Gasteiger charge is 2.26. The second-order valence-corrected chi connectivity index (χ2v) is 7.71. The third-order valence-electron chi connectivity index (χ3n) is 4.34. The van der Waals surface area contributed by atoms with Crippen LogP contribution < -0.4 is 5.32 Å². The van der Waals surface area contributed by atoms with Crippen molar-refractivity contribution in [2.45, 2.75) is 45.8 Å². The van der Waals surface area contributed by atoms with Gasteiger partial charge in [-0.3, -0.25) is 4.99 Å². The first kappa shape index (κ1) is 18.2. The van der Waals surface area contributed by atoms with Gasteiger partial charge in [-0.2, -0.15) is 0 Å². The summed E-state index contributed by atoms with van der Waals surface area (Å²) in [5, 5.41) is 2.91. The Kier molecular flexibility index (Phi) is 5.12. The van der Waals surface area contributed by atoms with E-state index in [1.165, 1.54) is 16.7 Å². The lowest BCUT2D eigenvalue weighted by molar-refractivity contribution is 0.0527. The molecule has 0 bridgehead atoms. The van der Waals surface area contributed by atoms with E-state index >= 15 is 0 Å². The molecule has 0 radical (unpaired) electrons. The molecular weight excluding hydrogens is 324 g/mol. The molecule has 1 aliphatic heterocycles. The Balaban J connectivity index is 1.84. The first-order chi connectivity index (χ1) is 12.3. The normalized spacial score (nSPS) is 14.4. The molecule has 0 aliphatic carbocycles. The average molecular weight is 350 g/mol. The Morgan fingerprint density at radius 2 is 1.92 bits per heavy atom. The van der Waals surface area contributed by atoms with Crippen LogP contribution in [0, 0.1) is 6.92 Å². The van der Waals surface area contributed by atoms with Crippen LogP contribution in [0.25, 0.3) is 0 Å². The van der Waals surface area contributed by atoms with Crippen molar-refractivity contribution in [2.24, 2.45) is 4.99 Å². The number of fused-ring (bicyclic) bond motifs is 1. The highest BCUT2D eigenvalue weighted by molar-refractivity contribution is 6.08. The van der Waals surface area contributed by atoms with Crippen LogP contribution in [0.3, 0.4) is 0 Å². The predicted molar refractivity (Wildman–Crippen MR) is 105 cm³/mol. The van der Waals surface area contributed by atoms with E-state index in [4.69, 9.17) is 9.73 Å². The van der Waals surface area contributed by atoms with Crippen LogP contribution in [0.1, 0.15) is 48.9 Å². The second kappa shape index (κ2) is 7.32. The zero-order valence-corrected chi connectivity index (χ0v) is 15.9. The number of rotatable bonds is 4. The van der Waals surface area contributed by atoms with Crippen molar-refractivity contribution < 1.29 is 9.53 Å². The highest BCUT2D eigenvalue weighted by Crippen LogP contribution is 2.29. The maximum atomic E-state index is 12.1. The number of carbonyl (C=O) groups is 1. The zero-order valence-electron chi connectivity index (χ0n) is 15.9. The summed E-state index contributed by atoms with van der Waals surface area (Å²) in [6, 6.07) is 16.6. The van der Waals surface area contributed by atoms with E-state index in [-0.39, 0.29) is 5.92 Å². The number of nitrogens with zero attached hydrogens (tertiary/aromatic N) is 1. The quantitative estimate of drug-likeness (QED) is 0.876.